The first-order valence-electron chi connectivity index (χ1n) is 10.4. The fourth-order valence-electron chi connectivity index (χ4n) is 3.24. The molecule has 2 heterocycles. The van der Waals surface area contributed by atoms with E-state index in [2.05, 4.69) is 31.9 Å². The Morgan fingerprint density at radius 3 is 2.45 bits per heavy atom. The van der Waals surface area contributed by atoms with Gasteiger partial charge >= 0.3 is 0 Å². The fraction of sp³-hybridized carbons (Fsp3) is 0.304. The van der Waals surface area contributed by atoms with Crippen molar-refractivity contribution in [2.75, 3.05) is 0 Å². The number of hydrogen-bond donors (Lipinski definition) is 0. The van der Waals surface area contributed by atoms with E-state index in [0.29, 0.717) is 22.6 Å². The van der Waals surface area contributed by atoms with E-state index in [1.807, 2.05) is 54.6 Å². The lowest BCUT2D eigenvalue weighted by atomic mass is 10.2. The Hall–Kier alpha value is -2.64. The Bertz CT molecular complexity index is 1090. The summed E-state index contributed by atoms with van der Waals surface area (Å²) in [5.74, 6) is 2.48. The van der Waals surface area contributed by atoms with Gasteiger partial charge in [-0.3, -0.25) is 0 Å². The highest BCUT2D eigenvalue weighted by atomic mass is 35.5. The zero-order valence-corrected chi connectivity index (χ0v) is 18.9. The molecule has 160 valence electrons. The number of hydrogen-bond acceptors (Lipinski definition) is 6. The standard InChI is InChI=1S/C23H24ClN5OS/c1-2-3-4-8-15-29-21(17-11-13-19(24)14-12-17)26-28-23(29)31-16-20-25-27-22(30-20)18-9-6-5-7-10-18/h5-7,9-14H,2-4,8,15-16H2,1H3. The van der Waals surface area contributed by atoms with Gasteiger partial charge < -0.3 is 8.98 Å². The molecule has 0 amide bonds. The van der Waals surface area contributed by atoms with Crippen LogP contribution in [0.2, 0.25) is 5.02 Å². The molecule has 4 rings (SSSR count). The summed E-state index contributed by atoms with van der Waals surface area (Å²) >= 11 is 7.61. The smallest absolute Gasteiger partial charge is 0.247 e. The average molecular weight is 454 g/mol. The van der Waals surface area contributed by atoms with Crippen molar-refractivity contribution in [1.82, 2.24) is 25.0 Å². The molecule has 0 radical (unpaired) electrons. The molecule has 0 spiro atoms. The van der Waals surface area contributed by atoms with Crippen LogP contribution in [-0.2, 0) is 12.3 Å². The van der Waals surface area contributed by atoms with Crippen molar-refractivity contribution in [2.24, 2.45) is 0 Å². The Kier molecular flexibility index (Phi) is 7.38. The molecular weight excluding hydrogens is 430 g/mol. The number of halogens is 1. The zero-order valence-electron chi connectivity index (χ0n) is 17.4. The molecule has 4 aromatic rings. The molecule has 0 atom stereocenters. The molecule has 0 saturated heterocycles. The number of rotatable bonds is 10. The predicted molar refractivity (Wildman–Crippen MR) is 124 cm³/mol. The summed E-state index contributed by atoms with van der Waals surface area (Å²) in [5.41, 5.74) is 1.92. The van der Waals surface area contributed by atoms with Gasteiger partial charge in [0, 0.05) is 22.7 Å². The van der Waals surface area contributed by atoms with Gasteiger partial charge in [0.15, 0.2) is 11.0 Å². The number of nitrogens with zero attached hydrogens (tertiary/aromatic N) is 5. The van der Waals surface area contributed by atoms with Crippen molar-refractivity contribution in [2.45, 2.75) is 50.1 Å². The van der Waals surface area contributed by atoms with Gasteiger partial charge in [-0.05, 0) is 42.8 Å². The molecule has 0 bridgehead atoms. The summed E-state index contributed by atoms with van der Waals surface area (Å²) in [5, 5.41) is 18.8. The molecule has 0 aliphatic rings. The molecule has 8 heteroatoms. The maximum atomic E-state index is 6.06. The van der Waals surface area contributed by atoms with Crippen LogP contribution >= 0.6 is 23.4 Å². The third-order valence-electron chi connectivity index (χ3n) is 4.87. The minimum Gasteiger partial charge on any atom is -0.420 e. The molecule has 0 saturated carbocycles. The van der Waals surface area contributed by atoms with E-state index in [9.17, 15) is 0 Å². The van der Waals surface area contributed by atoms with E-state index in [1.54, 1.807) is 11.8 Å². The van der Waals surface area contributed by atoms with Crippen LogP contribution in [0.25, 0.3) is 22.8 Å². The molecular formula is C23H24ClN5OS. The van der Waals surface area contributed by atoms with Crippen LogP contribution in [0.1, 0.15) is 38.5 Å². The van der Waals surface area contributed by atoms with Crippen LogP contribution in [0.5, 0.6) is 0 Å². The second kappa shape index (κ2) is 10.6. The molecule has 2 aromatic carbocycles. The second-order valence-corrected chi connectivity index (χ2v) is 8.56. The molecule has 6 nitrogen and oxygen atoms in total. The largest absolute Gasteiger partial charge is 0.420 e. The first-order chi connectivity index (χ1) is 15.2. The maximum absolute atomic E-state index is 6.06. The van der Waals surface area contributed by atoms with E-state index in [-0.39, 0.29) is 0 Å². The molecule has 31 heavy (non-hydrogen) atoms. The van der Waals surface area contributed by atoms with Gasteiger partial charge in [-0.15, -0.1) is 20.4 Å². The highest BCUT2D eigenvalue weighted by Crippen LogP contribution is 2.28. The lowest BCUT2D eigenvalue weighted by Gasteiger charge is -2.10. The summed E-state index contributed by atoms with van der Waals surface area (Å²) in [6.07, 6.45) is 4.70. The summed E-state index contributed by atoms with van der Waals surface area (Å²) in [7, 11) is 0. The van der Waals surface area contributed by atoms with Crippen LogP contribution in [0, 0.1) is 0 Å². The van der Waals surface area contributed by atoms with E-state index >= 15 is 0 Å². The van der Waals surface area contributed by atoms with Crippen molar-refractivity contribution in [3.05, 3.63) is 65.5 Å². The van der Waals surface area contributed by atoms with E-state index in [1.165, 1.54) is 19.3 Å². The highest BCUT2D eigenvalue weighted by molar-refractivity contribution is 7.98. The van der Waals surface area contributed by atoms with Crippen molar-refractivity contribution >= 4 is 23.4 Å². The Labute approximate surface area is 191 Å². The van der Waals surface area contributed by atoms with Gasteiger partial charge in [0.25, 0.3) is 0 Å². The Morgan fingerprint density at radius 1 is 0.871 bits per heavy atom. The summed E-state index contributed by atoms with van der Waals surface area (Å²) in [6, 6.07) is 17.5. The van der Waals surface area contributed by atoms with Crippen LogP contribution in [0.3, 0.4) is 0 Å². The van der Waals surface area contributed by atoms with Crippen LogP contribution < -0.4 is 0 Å². The second-order valence-electron chi connectivity index (χ2n) is 7.18. The lowest BCUT2D eigenvalue weighted by molar-refractivity contribution is 0.527. The van der Waals surface area contributed by atoms with Crippen molar-refractivity contribution < 1.29 is 4.42 Å². The van der Waals surface area contributed by atoms with Crippen LogP contribution in [-0.4, -0.2) is 25.0 Å². The number of benzene rings is 2. The lowest BCUT2D eigenvalue weighted by Crippen LogP contribution is -2.03. The minimum atomic E-state index is 0.527. The molecule has 0 fully saturated rings. The van der Waals surface area contributed by atoms with Gasteiger partial charge in [0.05, 0.1) is 5.75 Å². The molecule has 0 aliphatic carbocycles. The highest BCUT2D eigenvalue weighted by Gasteiger charge is 2.16. The summed E-state index contributed by atoms with van der Waals surface area (Å²) in [4.78, 5) is 0. The summed E-state index contributed by atoms with van der Waals surface area (Å²) in [6.45, 7) is 3.08. The number of unbranched alkanes of at least 4 members (excludes halogenated alkanes) is 3. The molecule has 0 aliphatic heterocycles. The molecule has 0 unspecified atom stereocenters. The predicted octanol–water partition coefficient (Wildman–Crippen LogP) is 6.52. The van der Waals surface area contributed by atoms with Gasteiger partial charge in [-0.1, -0.05) is 67.7 Å². The first-order valence-corrected chi connectivity index (χ1v) is 11.8. The third-order valence-corrected chi connectivity index (χ3v) is 6.07. The summed E-state index contributed by atoms with van der Waals surface area (Å²) < 4.78 is 8.01. The number of aromatic nitrogens is 5. The minimum absolute atomic E-state index is 0.527. The maximum Gasteiger partial charge on any atom is 0.247 e. The quantitative estimate of drug-likeness (QED) is 0.201. The zero-order chi connectivity index (χ0) is 21.5. The van der Waals surface area contributed by atoms with E-state index < -0.39 is 0 Å². The molecule has 2 aromatic heterocycles. The van der Waals surface area contributed by atoms with Crippen molar-refractivity contribution in [3.63, 3.8) is 0 Å². The topological polar surface area (TPSA) is 69.6 Å². The van der Waals surface area contributed by atoms with Crippen molar-refractivity contribution in [1.29, 1.82) is 0 Å². The van der Waals surface area contributed by atoms with Crippen molar-refractivity contribution in [3.8, 4) is 22.8 Å². The average Bonchev–Trinajstić information content (AvgIpc) is 3.44. The van der Waals surface area contributed by atoms with Gasteiger partial charge in [0.1, 0.15) is 0 Å². The Morgan fingerprint density at radius 2 is 1.68 bits per heavy atom. The Balaban J connectivity index is 1.50. The molecule has 0 N–H and O–H groups in total. The number of thioether (sulfide) groups is 1. The van der Waals surface area contributed by atoms with Crippen LogP contribution in [0.15, 0.2) is 64.2 Å². The van der Waals surface area contributed by atoms with Gasteiger partial charge in [0.2, 0.25) is 11.8 Å². The van der Waals surface area contributed by atoms with E-state index in [0.717, 1.165) is 35.1 Å². The van der Waals surface area contributed by atoms with Gasteiger partial charge in [-0.2, -0.15) is 0 Å². The third kappa shape index (κ3) is 5.54. The van der Waals surface area contributed by atoms with E-state index in [4.69, 9.17) is 16.0 Å². The normalized spacial score (nSPS) is 11.2. The fourth-order valence-corrected chi connectivity index (χ4v) is 4.17. The SMILES string of the molecule is CCCCCCn1c(SCc2nnc(-c3ccccc3)o2)nnc1-c1ccc(Cl)cc1. The first kappa shape index (κ1) is 21.6. The monoisotopic (exact) mass is 453 g/mol. The van der Waals surface area contributed by atoms with Crippen LogP contribution in [0.4, 0.5) is 0 Å². The van der Waals surface area contributed by atoms with Gasteiger partial charge in [-0.25, -0.2) is 0 Å².